The zero-order valence-corrected chi connectivity index (χ0v) is 14.2. The van der Waals surface area contributed by atoms with Gasteiger partial charge in [0.25, 0.3) is 0 Å². The van der Waals surface area contributed by atoms with Gasteiger partial charge in [0, 0.05) is 11.0 Å². The molecule has 0 aliphatic carbocycles. The number of fused-ring (bicyclic) bond motifs is 1. The summed E-state index contributed by atoms with van der Waals surface area (Å²) in [6.07, 6.45) is 7.55. The summed E-state index contributed by atoms with van der Waals surface area (Å²) < 4.78 is 11.8. The summed E-state index contributed by atoms with van der Waals surface area (Å²) in [6, 6.07) is 17.5. The van der Waals surface area contributed by atoms with E-state index in [4.69, 9.17) is 9.15 Å². The Kier molecular flexibility index (Phi) is 5.00. The molecule has 2 aromatic carbocycles. The van der Waals surface area contributed by atoms with Gasteiger partial charge in [0.05, 0.1) is 0 Å². The molecule has 1 aromatic heterocycles. The molecule has 2 heteroatoms. The lowest BCUT2D eigenvalue weighted by molar-refractivity contribution is 0.483. The molecule has 0 unspecified atom stereocenters. The van der Waals surface area contributed by atoms with Crippen LogP contribution in [0.3, 0.4) is 0 Å². The second-order valence-electron chi connectivity index (χ2n) is 5.67. The van der Waals surface area contributed by atoms with Crippen LogP contribution >= 0.6 is 0 Å². The number of hydrogen-bond donors (Lipinski definition) is 0. The lowest BCUT2D eigenvalue weighted by Crippen LogP contribution is -1.82. The summed E-state index contributed by atoms with van der Waals surface area (Å²) in [5.74, 6) is 2.36. The largest absolute Gasteiger partial charge is 0.457 e. The van der Waals surface area contributed by atoms with Crippen LogP contribution in [0, 0.1) is 0 Å². The maximum Gasteiger partial charge on any atom is 0.135 e. The first-order valence-electron chi connectivity index (χ1n) is 8.10. The molecule has 3 rings (SSSR count). The van der Waals surface area contributed by atoms with Crippen LogP contribution in [0.1, 0.15) is 12.7 Å². The molecular weight excluding hydrogens is 308 g/mol. The topological polar surface area (TPSA) is 22.4 Å². The summed E-state index contributed by atoms with van der Waals surface area (Å²) >= 11 is 0. The van der Waals surface area contributed by atoms with Crippen LogP contribution in [0.5, 0.6) is 11.5 Å². The Hall–Kier alpha value is -3.26. The lowest BCUT2D eigenvalue weighted by atomic mass is 10.1. The van der Waals surface area contributed by atoms with Gasteiger partial charge in [0.15, 0.2) is 0 Å². The van der Waals surface area contributed by atoms with Crippen molar-refractivity contribution in [1.29, 1.82) is 0 Å². The Morgan fingerprint density at radius 2 is 1.72 bits per heavy atom. The van der Waals surface area contributed by atoms with Crippen molar-refractivity contribution in [3.63, 3.8) is 0 Å². The molecule has 0 aliphatic heterocycles. The molecule has 0 radical (unpaired) electrons. The van der Waals surface area contributed by atoms with Gasteiger partial charge in [-0.25, -0.2) is 0 Å². The van der Waals surface area contributed by atoms with Gasteiger partial charge >= 0.3 is 0 Å². The molecule has 0 saturated heterocycles. The first kappa shape index (κ1) is 16.6. The van der Waals surface area contributed by atoms with Gasteiger partial charge in [-0.3, -0.25) is 0 Å². The number of ether oxygens (including phenoxy) is 1. The Labute approximate surface area is 148 Å². The third kappa shape index (κ3) is 3.99. The standard InChI is InChI=1S/C23H20O2/c1-4-17(3)11-12-18(5-2)23-16-19-15-21(13-14-22(19)25-23)24-20-9-7-6-8-10-20/h4-16H,1-2H2,3H3/b17-11+,18-12+. The van der Waals surface area contributed by atoms with Crippen molar-refractivity contribution >= 4 is 16.5 Å². The molecule has 0 spiro atoms. The Bertz CT molecular complexity index is 956. The van der Waals surface area contributed by atoms with Gasteiger partial charge < -0.3 is 9.15 Å². The van der Waals surface area contributed by atoms with Crippen molar-refractivity contribution in [2.45, 2.75) is 6.92 Å². The van der Waals surface area contributed by atoms with Crippen molar-refractivity contribution < 1.29 is 9.15 Å². The van der Waals surface area contributed by atoms with Gasteiger partial charge in [-0.05, 0) is 43.3 Å². The number of benzene rings is 2. The number of para-hydroxylation sites is 1. The molecule has 0 aliphatic rings. The molecule has 1 heterocycles. The normalized spacial score (nSPS) is 12.2. The van der Waals surface area contributed by atoms with Gasteiger partial charge in [0.1, 0.15) is 22.8 Å². The van der Waals surface area contributed by atoms with Gasteiger partial charge in [-0.15, -0.1) is 0 Å². The zero-order valence-electron chi connectivity index (χ0n) is 14.2. The van der Waals surface area contributed by atoms with Gasteiger partial charge in [-0.1, -0.05) is 61.2 Å². The smallest absolute Gasteiger partial charge is 0.135 e. The molecule has 0 saturated carbocycles. The molecule has 0 N–H and O–H groups in total. The lowest BCUT2D eigenvalue weighted by Gasteiger charge is -2.04. The van der Waals surface area contributed by atoms with E-state index in [1.807, 2.05) is 79.7 Å². The molecule has 0 bridgehead atoms. The highest BCUT2D eigenvalue weighted by atomic mass is 16.5. The highest BCUT2D eigenvalue weighted by Crippen LogP contribution is 2.30. The minimum atomic E-state index is 0.773. The van der Waals surface area contributed by atoms with Crippen LogP contribution in [-0.2, 0) is 0 Å². The fourth-order valence-electron chi connectivity index (χ4n) is 2.39. The molecule has 0 atom stereocenters. The third-order valence-electron chi connectivity index (χ3n) is 3.82. The SMILES string of the molecule is C=C/C(C)=C/C=C(\C=C)c1cc2cc(Oc3ccccc3)ccc2o1. The number of allylic oxidation sites excluding steroid dienone is 6. The predicted molar refractivity (Wildman–Crippen MR) is 105 cm³/mol. The predicted octanol–water partition coefficient (Wildman–Crippen LogP) is 6.93. The number of hydrogen-bond acceptors (Lipinski definition) is 2. The van der Waals surface area contributed by atoms with E-state index in [0.717, 1.165) is 39.4 Å². The van der Waals surface area contributed by atoms with E-state index in [-0.39, 0.29) is 0 Å². The molecule has 2 nitrogen and oxygen atoms in total. The molecular formula is C23H20O2. The summed E-state index contributed by atoms with van der Waals surface area (Å²) in [4.78, 5) is 0. The monoisotopic (exact) mass is 328 g/mol. The van der Waals surface area contributed by atoms with E-state index >= 15 is 0 Å². The summed E-state index contributed by atoms with van der Waals surface area (Å²) in [5, 5.41) is 0.987. The van der Waals surface area contributed by atoms with Crippen LogP contribution in [0.25, 0.3) is 16.5 Å². The maximum atomic E-state index is 5.94. The van der Waals surface area contributed by atoms with Gasteiger partial charge in [-0.2, -0.15) is 0 Å². The van der Waals surface area contributed by atoms with Crippen LogP contribution in [0.15, 0.2) is 102 Å². The first-order valence-corrected chi connectivity index (χ1v) is 8.10. The van der Waals surface area contributed by atoms with E-state index in [2.05, 4.69) is 13.2 Å². The second kappa shape index (κ2) is 7.54. The van der Waals surface area contributed by atoms with E-state index in [1.165, 1.54) is 0 Å². The fraction of sp³-hybridized carbons (Fsp3) is 0.0435. The third-order valence-corrected chi connectivity index (χ3v) is 3.82. The number of furan rings is 1. The van der Waals surface area contributed by atoms with E-state index in [1.54, 1.807) is 6.08 Å². The molecule has 25 heavy (non-hydrogen) atoms. The van der Waals surface area contributed by atoms with Crippen molar-refractivity contribution in [1.82, 2.24) is 0 Å². The first-order chi connectivity index (χ1) is 12.2. The number of rotatable bonds is 6. The van der Waals surface area contributed by atoms with Crippen molar-refractivity contribution in [3.05, 3.63) is 103 Å². The Morgan fingerprint density at radius 3 is 2.44 bits per heavy atom. The average molecular weight is 328 g/mol. The van der Waals surface area contributed by atoms with Crippen molar-refractivity contribution in [2.24, 2.45) is 0 Å². The minimum Gasteiger partial charge on any atom is -0.457 e. The average Bonchev–Trinajstić information content (AvgIpc) is 3.06. The fourth-order valence-corrected chi connectivity index (χ4v) is 2.39. The van der Waals surface area contributed by atoms with Crippen LogP contribution in [-0.4, -0.2) is 0 Å². The van der Waals surface area contributed by atoms with E-state index in [9.17, 15) is 0 Å². The van der Waals surface area contributed by atoms with Crippen LogP contribution in [0.2, 0.25) is 0 Å². The van der Waals surface area contributed by atoms with E-state index < -0.39 is 0 Å². The quantitative estimate of drug-likeness (QED) is 0.458. The Morgan fingerprint density at radius 1 is 0.920 bits per heavy atom. The molecule has 0 amide bonds. The van der Waals surface area contributed by atoms with Crippen molar-refractivity contribution in [3.8, 4) is 11.5 Å². The molecule has 3 aromatic rings. The Balaban J connectivity index is 1.92. The second-order valence-corrected chi connectivity index (χ2v) is 5.67. The maximum absolute atomic E-state index is 5.94. The minimum absolute atomic E-state index is 0.773. The van der Waals surface area contributed by atoms with Crippen LogP contribution < -0.4 is 4.74 Å². The molecule has 124 valence electrons. The van der Waals surface area contributed by atoms with Gasteiger partial charge in [0.2, 0.25) is 0 Å². The summed E-state index contributed by atoms with van der Waals surface area (Å²) in [5.41, 5.74) is 2.81. The zero-order chi connectivity index (χ0) is 17.6. The highest BCUT2D eigenvalue weighted by Gasteiger charge is 2.08. The summed E-state index contributed by atoms with van der Waals surface area (Å²) in [7, 11) is 0. The van der Waals surface area contributed by atoms with E-state index in [0.29, 0.717) is 0 Å². The summed E-state index contributed by atoms with van der Waals surface area (Å²) in [6.45, 7) is 9.63. The van der Waals surface area contributed by atoms with Crippen LogP contribution in [0.4, 0.5) is 0 Å². The highest BCUT2D eigenvalue weighted by molar-refractivity contribution is 5.85. The molecule has 0 fully saturated rings. The van der Waals surface area contributed by atoms with Crippen molar-refractivity contribution in [2.75, 3.05) is 0 Å².